The molecule has 0 N–H and O–H groups in total. The minimum absolute atomic E-state index is 0.0284. The van der Waals surface area contributed by atoms with E-state index in [4.69, 9.17) is 9.15 Å². The van der Waals surface area contributed by atoms with E-state index in [1.807, 2.05) is 6.07 Å². The molecular formula is C33H26N4O6S2. The molecular weight excluding hydrogens is 613 g/mol. The molecule has 45 heavy (non-hydrogen) atoms. The Labute approximate surface area is 262 Å². The van der Waals surface area contributed by atoms with E-state index in [-0.39, 0.29) is 33.1 Å². The fourth-order valence-electron chi connectivity index (χ4n) is 4.71. The zero-order valence-electron chi connectivity index (χ0n) is 24.2. The summed E-state index contributed by atoms with van der Waals surface area (Å²) in [5.74, 6) is 0.0445. The smallest absolute Gasteiger partial charge is 0.280 e. The maximum absolute atomic E-state index is 13.9. The first-order chi connectivity index (χ1) is 21.8. The summed E-state index contributed by atoms with van der Waals surface area (Å²) in [6, 6.07) is 26.6. The van der Waals surface area contributed by atoms with Crippen LogP contribution < -0.4 is 19.5 Å². The van der Waals surface area contributed by atoms with Crippen LogP contribution >= 0.6 is 11.3 Å². The Balaban J connectivity index is 1.38. The van der Waals surface area contributed by atoms with Gasteiger partial charge in [0.15, 0.2) is 0 Å². The lowest BCUT2D eigenvalue weighted by Crippen LogP contribution is -2.31. The molecule has 0 aliphatic carbocycles. The molecule has 0 aliphatic heterocycles. The molecule has 0 aliphatic rings. The minimum atomic E-state index is -3.90. The van der Waals surface area contributed by atoms with E-state index in [1.165, 1.54) is 52.4 Å². The molecule has 0 saturated carbocycles. The summed E-state index contributed by atoms with van der Waals surface area (Å²) in [7, 11) is -2.34. The van der Waals surface area contributed by atoms with Gasteiger partial charge in [0.25, 0.3) is 15.9 Å². The number of sulfonamides is 1. The maximum Gasteiger partial charge on any atom is 0.280 e. The number of anilines is 2. The van der Waals surface area contributed by atoms with Gasteiger partial charge in [-0.25, -0.2) is 13.4 Å². The van der Waals surface area contributed by atoms with Gasteiger partial charge in [-0.2, -0.15) is 10.1 Å². The highest BCUT2D eigenvalue weighted by Crippen LogP contribution is 2.33. The Morgan fingerprint density at radius 2 is 1.73 bits per heavy atom. The maximum atomic E-state index is 13.9. The van der Waals surface area contributed by atoms with E-state index < -0.39 is 15.9 Å². The van der Waals surface area contributed by atoms with Gasteiger partial charge in [0.2, 0.25) is 10.6 Å². The van der Waals surface area contributed by atoms with Gasteiger partial charge in [0.1, 0.15) is 17.6 Å². The molecule has 0 fully saturated rings. The molecule has 2 heterocycles. The molecule has 1 amide bonds. The van der Waals surface area contributed by atoms with Crippen molar-refractivity contribution in [1.82, 2.24) is 4.98 Å². The Hall–Kier alpha value is -5.33. The number of methoxy groups -OCH3 is 1. The Kier molecular flexibility index (Phi) is 8.16. The molecule has 0 radical (unpaired) electrons. The first-order valence-corrected chi connectivity index (χ1v) is 16.1. The number of ether oxygens (including phenoxy) is 1. The zero-order chi connectivity index (χ0) is 31.6. The average Bonchev–Trinajstić information content (AvgIpc) is 3.49. The van der Waals surface area contributed by atoms with Gasteiger partial charge in [-0.05, 0) is 73.7 Å². The number of para-hydroxylation sites is 2. The number of nitrogens with zero attached hydrogens (tertiary/aromatic N) is 4. The number of fused-ring (bicyclic) bond motifs is 2. The molecule has 0 atom stereocenters. The lowest BCUT2D eigenvalue weighted by Gasteiger charge is -2.23. The number of carbonyl (C=O) groups excluding carboxylic acids is 1. The number of hydrogen-bond donors (Lipinski definition) is 0. The number of hydrazone groups is 1. The van der Waals surface area contributed by atoms with Crippen molar-refractivity contribution < 1.29 is 22.4 Å². The monoisotopic (exact) mass is 638 g/mol. The van der Waals surface area contributed by atoms with E-state index in [9.17, 15) is 18.0 Å². The highest BCUT2D eigenvalue weighted by atomic mass is 32.2. The summed E-state index contributed by atoms with van der Waals surface area (Å²) >= 11 is 1.21. The standard InChI is InChI=1S/C33H26N4O6S2/c1-3-36(24-9-5-4-6-10-24)45(40,41)26-16-13-22(14-17-26)32(39)37(33-35-28-18-15-25(42-2)19-30(28)44-33)34-20-23-21-43-29-12-8-7-11-27(29)31(23)38/h4-21H,3H2,1-2H3/b34-20+. The van der Waals surface area contributed by atoms with Crippen molar-refractivity contribution in [2.45, 2.75) is 11.8 Å². The predicted octanol–water partition coefficient (Wildman–Crippen LogP) is 6.31. The second-order valence-electron chi connectivity index (χ2n) is 9.74. The number of carbonyl (C=O) groups is 1. The van der Waals surface area contributed by atoms with E-state index in [2.05, 4.69) is 10.1 Å². The number of hydrogen-bond acceptors (Lipinski definition) is 9. The van der Waals surface area contributed by atoms with Gasteiger partial charge >= 0.3 is 0 Å². The summed E-state index contributed by atoms with van der Waals surface area (Å²) in [6.45, 7) is 1.97. The van der Waals surface area contributed by atoms with Crippen LogP contribution in [0.25, 0.3) is 21.2 Å². The van der Waals surface area contributed by atoms with Crippen LogP contribution in [0.5, 0.6) is 5.75 Å². The Bertz CT molecular complexity index is 2210. The fourth-order valence-corrected chi connectivity index (χ4v) is 7.13. The van der Waals surface area contributed by atoms with Crippen LogP contribution in [0.15, 0.2) is 123 Å². The highest BCUT2D eigenvalue weighted by molar-refractivity contribution is 7.92. The molecule has 0 spiro atoms. The summed E-state index contributed by atoms with van der Waals surface area (Å²) in [6.07, 6.45) is 2.53. The third kappa shape index (κ3) is 5.80. The summed E-state index contributed by atoms with van der Waals surface area (Å²) in [5.41, 5.74) is 1.57. The van der Waals surface area contributed by atoms with Crippen LogP contribution in [-0.4, -0.2) is 39.2 Å². The van der Waals surface area contributed by atoms with Crippen molar-refractivity contribution in [3.05, 3.63) is 125 Å². The topological polar surface area (TPSA) is 122 Å². The normalized spacial score (nSPS) is 11.7. The second kappa shape index (κ2) is 12.3. The zero-order valence-corrected chi connectivity index (χ0v) is 25.8. The van der Waals surface area contributed by atoms with Crippen LogP contribution in [0.1, 0.15) is 22.8 Å². The highest BCUT2D eigenvalue weighted by Gasteiger charge is 2.26. The third-order valence-electron chi connectivity index (χ3n) is 7.00. The van der Waals surface area contributed by atoms with Crippen molar-refractivity contribution in [3.63, 3.8) is 0 Å². The third-order valence-corrected chi connectivity index (χ3v) is 9.91. The van der Waals surface area contributed by atoms with E-state index >= 15 is 0 Å². The van der Waals surface area contributed by atoms with Crippen molar-refractivity contribution in [3.8, 4) is 5.75 Å². The summed E-state index contributed by atoms with van der Waals surface area (Å²) in [5, 5.41) is 6.08. The quantitative estimate of drug-likeness (QED) is 0.134. The number of thiazole rings is 1. The van der Waals surface area contributed by atoms with Crippen LogP contribution in [0, 0.1) is 0 Å². The van der Waals surface area contributed by atoms with Gasteiger partial charge in [0.05, 0.1) is 45.1 Å². The predicted molar refractivity (Wildman–Crippen MR) is 176 cm³/mol. The molecule has 6 aromatic rings. The number of amides is 1. The molecule has 0 saturated heterocycles. The van der Waals surface area contributed by atoms with Gasteiger partial charge < -0.3 is 9.15 Å². The van der Waals surface area contributed by atoms with Crippen LogP contribution in [-0.2, 0) is 10.0 Å². The van der Waals surface area contributed by atoms with Crippen molar-refractivity contribution in [2.24, 2.45) is 5.10 Å². The van der Waals surface area contributed by atoms with Gasteiger partial charge in [-0.15, -0.1) is 0 Å². The largest absolute Gasteiger partial charge is 0.497 e. The lowest BCUT2D eigenvalue weighted by molar-refractivity contribution is 0.0987. The number of aromatic nitrogens is 1. The first kappa shape index (κ1) is 29.7. The fraction of sp³-hybridized carbons (Fsp3) is 0.0909. The summed E-state index contributed by atoms with van der Waals surface area (Å²) < 4.78 is 40.0. The van der Waals surface area contributed by atoms with Crippen LogP contribution in [0.3, 0.4) is 0 Å². The first-order valence-electron chi connectivity index (χ1n) is 13.8. The van der Waals surface area contributed by atoms with Crippen LogP contribution in [0.2, 0.25) is 0 Å². The average molecular weight is 639 g/mol. The Morgan fingerprint density at radius 1 is 1.00 bits per heavy atom. The molecule has 6 rings (SSSR count). The molecule has 12 heteroatoms. The Morgan fingerprint density at radius 3 is 2.47 bits per heavy atom. The molecule has 10 nitrogen and oxygen atoms in total. The van der Waals surface area contributed by atoms with E-state index in [0.717, 1.165) is 9.71 Å². The number of benzene rings is 4. The van der Waals surface area contributed by atoms with E-state index in [1.54, 1.807) is 80.8 Å². The van der Waals surface area contributed by atoms with Gasteiger partial charge in [-0.1, -0.05) is 41.7 Å². The SMILES string of the molecule is CCN(c1ccccc1)S(=O)(=O)c1ccc(C(=O)N(/N=C/c2coc3ccccc3c2=O)c2nc3ccc(OC)cc3s2)cc1. The minimum Gasteiger partial charge on any atom is -0.497 e. The molecule has 0 unspecified atom stereocenters. The molecule has 2 aromatic heterocycles. The summed E-state index contributed by atoms with van der Waals surface area (Å²) in [4.78, 5) is 31.7. The lowest BCUT2D eigenvalue weighted by atomic mass is 10.2. The van der Waals surface area contributed by atoms with E-state index in [0.29, 0.717) is 27.9 Å². The van der Waals surface area contributed by atoms with Crippen molar-refractivity contribution in [1.29, 1.82) is 0 Å². The number of rotatable bonds is 9. The van der Waals surface area contributed by atoms with Crippen LogP contribution in [0.4, 0.5) is 10.8 Å². The van der Waals surface area contributed by atoms with Crippen molar-refractivity contribution >= 4 is 65.5 Å². The molecule has 226 valence electrons. The van der Waals surface area contributed by atoms with Gasteiger partial charge in [-0.3, -0.25) is 13.9 Å². The molecule has 4 aromatic carbocycles. The second-order valence-corrected chi connectivity index (χ2v) is 12.6. The van der Waals surface area contributed by atoms with Gasteiger partial charge in [0, 0.05) is 12.1 Å². The molecule has 0 bridgehead atoms. The van der Waals surface area contributed by atoms with Crippen molar-refractivity contribution in [2.75, 3.05) is 23.0 Å².